The number of ether oxygens (including phenoxy) is 4. The number of anilines is 1. The first-order valence-electron chi connectivity index (χ1n) is 24.4. The highest BCUT2D eigenvalue weighted by Crippen LogP contribution is 2.45. The van der Waals surface area contributed by atoms with Gasteiger partial charge in [0.25, 0.3) is 0 Å². The Balaban J connectivity index is 1.20. The number of rotatable bonds is 13. The number of aromatic nitrogens is 4. The molecule has 1 aliphatic carbocycles. The van der Waals surface area contributed by atoms with Crippen LogP contribution in [0.1, 0.15) is 135 Å². The fourth-order valence-electron chi connectivity index (χ4n) is 12.1. The zero-order chi connectivity index (χ0) is 47.7. The Morgan fingerprint density at radius 1 is 0.940 bits per heavy atom. The van der Waals surface area contributed by atoms with Crippen LogP contribution in [0.2, 0.25) is 16.6 Å². The zero-order valence-electron chi connectivity index (χ0n) is 40.9. The molecule has 5 aliphatic heterocycles. The van der Waals surface area contributed by atoms with Gasteiger partial charge in [-0.25, -0.2) is 18.6 Å². The van der Waals surface area contributed by atoms with E-state index in [0.29, 0.717) is 70.5 Å². The minimum Gasteiger partial charge on any atom is -0.468 e. The van der Waals surface area contributed by atoms with Crippen molar-refractivity contribution >= 4 is 47.7 Å². The van der Waals surface area contributed by atoms with Crippen molar-refractivity contribution in [3.63, 3.8) is 0 Å². The largest absolute Gasteiger partial charge is 0.468 e. The third kappa shape index (κ3) is 8.45. The fourth-order valence-corrected chi connectivity index (χ4v) is 17.3. The Bertz CT molecular complexity index is 2600. The predicted molar refractivity (Wildman–Crippen MR) is 257 cm³/mol. The number of benzene rings is 2. The van der Waals surface area contributed by atoms with Crippen LogP contribution < -0.4 is 14.4 Å². The zero-order valence-corrected chi connectivity index (χ0v) is 41.9. The maximum Gasteiger partial charge on any atom is 0.410 e. The van der Waals surface area contributed by atoms with E-state index in [1.54, 1.807) is 18.2 Å². The van der Waals surface area contributed by atoms with E-state index in [2.05, 4.69) is 62.8 Å². The Hall–Kier alpha value is -4.85. The lowest BCUT2D eigenvalue weighted by molar-refractivity contribution is -0.0380. The van der Waals surface area contributed by atoms with Crippen molar-refractivity contribution in [3.8, 4) is 23.2 Å². The molecule has 4 aromatic rings. The van der Waals surface area contributed by atoms with Crippen molar-refractivity contribution in [1.29, 1.82) is 0 Å². The molecule has 6 aliphatic rings. The summed E-state index contributed by atoms with van der Waals surface area (Å²) in [6.07, 6.45) is 4.30. The van der Waals surface area contributed by atoms with Gasteiger partial charge in [-0.3, -0.25) is 14.6 Å². The molecule has 360 valence electrons. The summed E-state index contributed by atoms with van der Waals surface area (Å²) in [5, 5.41) is 0.992. The van der Waals surface area contributed by atoms with E-state index in [1.807, 2.05) is 30.2 Å². The molecule has 2 aromatic heterocycles. The molecule has 6 fully saturated rings. The molecule has 0 N–H and O–H groups in total. The second kappa shape index (κ2) is 17.9. The van der Waals surface area contributed by atoms with Crippen LogP contribution in [-0.2, 0) is 9.47 Å². The van der Waals surface area contributed by atoms with Crippen molar-refractivity contribution in [2.24, 2.45) is 0 Å². The monoisotopic (exact) mass is 939 g/mol. The number of piperidine rings is 1. The molecule has 16 heteroatoms. The summed E-state index contributed by atoms with van der Waals surface area (Å²) < 4.78 is 57.0. The molecule has 1 amide bonds. The van der Waals surface area contributed by atoms with Gasteiger partial charge in [-0.15, -0.1) is 5.54 Å². The molecular weight excluding hydrogens is 873 g/mol. The van der Waals surface area contributed by atoms with E-state index in [1.165, 1.54) is 13.2 Å². The molecule has 0 radical (unpaired) electrons. The van der Waals surface area contributed by atoms with Crippen molar-refractivity contribution in [3.05, 3.63) is 47.0 Å². The Kier molecular flexibility index (Phi) is 12.6. The highest BCUT2D eigenvalue weighted by Gasteiger charge is 2.51. The summed E-state index contributed by atoms with van der Waals surface area (Å²) in [6, 6.07) is 6.28. The van der Waals surface area contributed by atoms with Crippen LogP contribution in [0.25, 0.3) is 21.9 Å². The van der Waals surface area contributed by atoms with E-state index in [-0.39, 0.29) is 66.2 Å². The van der Waals surface area contributed by atoms with Crippen LogP contribution in [0.15, 0.2) is 24.3 Å². The molecule has 67 heavy (non-hydrogen) atoms. The van der Waals surface area contributed by atoms with Gasteiger partial charge in [0.1, 0.15) is 43.5 Å². The Labute approximate surface area is 394 Å². The minimum absolute atomic E-state index is 0.0607. The van der Waals surface area contributed by atoms with E-state index >= 15 is 9.18 Å². The van der Waals surface area contributed by atoms with Crippen molar-refractivity contribution in [1.82, 2.24) is 29.3 Å². The lowest BCUT2D eigenvalue weighted by Crippen LogP contribution is -2.70. The molecule has 5 saturated heterocycles. The number of fused-ring (bicyclic) bond motifs is 5. The predicted octanol–water partition coefficient (Wildman–Crippen LogP) is 9.78. The average Bonchev–Trinajstić information content (AvgIpc) is 3.90. The van der Waals surface area contributed by atoms with Gasteiger partial charge in [-0.2, -0.15) is 9.97 Å². The summed E-state index contributed by atoms with van der Waals surface area (Å²) in [7, 11) is -0.806. The first-order valence-corrected chi connectivity index (χ1v) is 26.6. The highest BCUT2D eigenvalue weighted by atomic mass is 28.3. The lowest BCUT2D eigenvalue weighted by atomic mass is 9.88. The number of halogens is 2. The Morgan fingerprint density at radius 3 is 2.30 bits per heavy atom. The third-order valence-corrected chi connectivity index (χ3v) is 21.7. The number of amides is 1. The molecule has 2 unspecified atom stereocenters. The van der Waals surface area contributed by atoms with Crippen LogP contribution in [0.4, 0.5) is 19.4 Å². The number of carbonyl (C=O) groups is 2. The molecule has 13 nitrogen and oxygen atoms in total. The lowest BCUT2D eigenvalue weighted by Gasteiger charge is -2.56. The number of alkyl halides is 1. The van der Waals surface area contributed by atoms with E-state index in [4.69, 9.17) is 33.9 Å². The van der Waals surface area contributed by atoms with Crippen LogP contribution in [-0.4, -0.2) is 125 Å². The van der Waals surface area contributed by atoms with E-state index in [0.717, 1.165) is 45.1 Å². The fraction of sp³-hybridized carbons (Fsp3) is 0.627. The second-order valence-electron chi connectivity index (χ2n) is 21.6. The molecule has 1 saturated carbocycles. The number of nitrogens with zero attached hydrogens (tertiary/aromatic N) is 7. The first kappa shape index (κ1) is 47.2. The van der Waals surface area contributed by atoms with E-state index < -0.39 is 37.0 Å². The maximum atomic E-state index is 16.5. The third-order valence-electron chi connectivity index (χ3n) is 15.4. The number of piperazine rings is 1. The first-order chi connectivity index (χ1) is 31.8. The smallest absolute Gasteiger partial charge is 0.410 e. The molecular formula is C51H67F2N7O6Si. The van der Waals surface area contributed by atoms with Gasteiger partial charge in [0, 0.05) is 50.2 Å². The van der Waals surface area contributed by atoms with Gasteiger partial charge in [0.2, 0.25) is 5.78 Å². The summed E-state index contributed by atoms with van der Waals surface area (Å²) in [4.78, 5) is 50.4. The van der Waals surface area contributed by atoms with Crippen molar-refractivity contribution < 1.29 is 37.3 Å². The minimum atomic E-state index is -2.33. The van der Waals surface area contributed by atoms with Gasteiger partial charge in [-0.05, 0) is 106 Å². The van der Waals surface area contributed by atoms with Gasteiger partial charge >= 0.3 is 12.1 Å². The van der Waals surface area contributed by atoms with Gasteiger partial charge in [0.05, 0.1) is 23.2 Å². The molecule has 2 aromatic carbocycles. The summed E-state index contributed by atoms with van der Waals surface area (Å²) in [5.41, 5.74) is 4.80. The molecule has 2 bridgehead atoms. The molecule has 0 spiro atoms. The van der Waals surface area contributed by atoms with Crippen LogP contribution >= 0.6 is 0 Å². The number of ketones is 1. The normalized spacial score (nSPS) is 23.2. The molecule has 7 heterocycles. The Morgan fingerprint density at radius 2 is 1.66 bits per heavy atom. The number of carbonyl (C=O) groups excluding carboxylic acids is 2. The number of hydrogen-bond acceptors (Lipinski definition) is 11. The van der Waals surface area contributed by atoms with Gasteiger partial charge in [0.15, 0.2) is 24.1 Å². The summed E-state index contributed by atoms with van der Waals surface area (Å²) in [5.74, 6) is 3.51. The molecule has 10 rings (SSSR count). The van der Waals surface area contributed by atoms with Gasteiger partial charge in [-0.1, -0.05) is 53.5 Å². The number of hydrogen-bond donors (Lipinski definition) is 0. The van der Waals surface area contributed by atoms with Crippen LogP contribution in [0.3, 0.4) is 0 Å². The number of methoxy groups -OCH3 is 1. The molecule has 4 atom stereocenters. The van der Waals surface area contributed by atoms with Gasteiger partial charge < -0.3 is 28.4 Å². The maximum absolute atomic E-state index is 16.5. The standard InChI is InChI=1S/C51H67F2N7O6Si/c1-30(2)67(31(3)4,32(5)6)20-17-39-41(53)16-15-33-21-38(65-29-63-10)23-40(42(33)39)44(61)47-54-45-43(60(47)35-13-11-14-35)46(57-26-36-22-37(27-57)59(36)49(62)66-50(7,8)9)56-48(55-45)64-28-51-18-12-19-58(51)25-34(52)24-51/h15-16,21,23,30-32,34-37H,11-14,18-19,22,24-29H2,1-10H3/t34-,36?,37?,51+/m1/s1. The van der Waals surface area contributed by atoms with Crippen molar-refractivity contribution in [2.75, 3.05) is 51.6 Å². The van der Waals surface area contributed by atoms with Crippen molar-refractivity contribution in [2.45, 2.75) is 159 Å². The topological polar surface area (TPSA) is 124 Å². The highest BCUT2D eigenvalue weighted by molar-refractivity contribution is 6.90. The second-order valence-corrected chi connectivity index (χ2v) is 27.2. The van der Waals surface area contributed by atoms with Crippen LogP contribution in [0, 0.1) is 17.3 Å². The van der Waals surface area contributed by atoms with E-state index in [9.17, 15) is 9.18 Å². The average molecular weight is 940 g/mol. The summed E-state index contributed by atoms with van der Waals surface area (Å²) in [6.45, 7) is 21.2. The summed E-state index contributed by atoms with van der Waals surface area (Å²) >= 11 is 0. The SMILES string of the molecule is COCOc1cc(C(=O)c2nc3nc(OC[C@@]45CCCN4C[C@H](F)C5)nc(N4CC5CC(C4)N5C(=O)OC(C)(C)C)c3n2C2CCC2)c2c(C#C[Si](C(C)C)(C(C)C)C(C)C)c(F)ccc2c1. The van der Waals surface area contributed by atoms with Crippen LogP contribution in [0.5, 0.6) is 11.8 Å². The number of imidazole rings is 1. The quantitative estimate of drug-likeness (QED) is 0.0551.